The number of carbonyl (C=O) groups is 1. The molecule has 4 nitrogen and oxygen atoms in total. The van der Waals surface area contributed by atoms with Gasteiger partial charge >= 0.3 is 0 Å². The largest absolute Gasteiger partial charge is 0.332 e. The predicted molar refractivity (Wildman–Crippen MR) is 97.5 cm³/mol. The van der Waals surface area contributed by atoms with Crippen LogP contribution in [0.3, 0.4) is 0 Å². The monoisotopic (exact) mass is 351 g/mol. The lowest BCUT2D eigenvalue weighted by atomic mass is 10.1. The van der Waals surface area contributed by atoms with E-state index >= 15 is 0 Å². The third-order valence-corrected chi connectivity index (χ3v) is 5.27. The molecule has 1 amide bonds. The van der Waals surface area contributed by atoms with Crippen molar-refractivity contribution in [2.24, 2.45) is 0 Å². The van der Waals surface area contributed by atoms with Crippen LogP contribution in [0.4, 0.5) is 0 Å². The maximum atomic E-state index is 12.7. The Balaban J connectivity index is 0.00000192. The lowest BCUT2D eigenvalue weighted by Crippen LogP contribution is -2.57. The summed E-state index contributed by atoms with van der Waals surface area (Å²) in [6.45, 7) is 7.85. The molecule has 0 radical (unpaired) electrons. The van der Waals surface area contributed by atoms with Crippen LogP contribution in [-0.4, -0.2) is 41.0 Å². The van der Waals surface area contributed by atoms with Gasteiger partial charge in [0, 0.05) is 36.1 Å². The second-order valence-corrected chi connectivity index (χ2v) is 6.69. The van der Waals surface area contributed by atoms with Crippen LogP contribution in [-0.2, 0) is 0 Å². The van der Waals surface area contributed by atoms with E-state index in [2.05, 4.69) is 43.2 Å². The van der Waals surface area contributed by atoms with Gasteiger partial charge in [0.05, 0.1) is 0 Å². The van der Waals surface area contributed by atoms with Crippen molar-refractivity contribution in [1.82, 2.24) is 15.2 Å². The smallest absolute Gasteiger partial charge is 0.273 e. The van der Waals surface area contributed by atoms with Crippen molar-refractivity contribution in [3.8, 4) is 10.6 Å². The zero-order chi connectivity index (χ0) is 15.7. The maximum absolute atomic E-state index is 12.7. The Labute approximate surface area is 147 Å². The number of carbonyl (C=O) groups excluding carboxylic acids is 1. The Bertz CT molecular complexity index is 688. The number of benzene rings is 1. The molecule has 23 heavy (non-hydrogen) atoms. The fraction of sp³-hybridized carbons (Fsp3) is 0.412. The van der Waals surface area contributed by atoms with Crippen LogP contribution < -0.4 is 5.32 Å². The van der Waals surface area contributed by atoms with Gasteiger partial charge in [-0.3, -0.25) is 4.79 Å². The van der Waals surface area contributed by atoms with Gasteiger partial charge in [0.1, 0.15) is 10.7 Å². The van der Waals surface area contributed by atoms with Gasteiger partial charge in [-0.15, -0.1) is 23.7 Å². The second kappa shape index (κ2) is 7.43. The molecule has 1 aromatic heterocycles. The van der Waals surface area contributed by atoms with Gasteiger partial charge in [-0.2, -0.15) is 0 Å². The molecule has 0 aliphatic carbocycles. The molecule has 1 saturated heterocycles. The van der Waals surface area contributed by atoms with Crippen molar-refractivity contribution in [2.75, 3.05) is 13.1 Å². The van der Waals surface area contributed by atoms with Crippen LogP contribution in [0, 0.1) is 6.92 Å². The van der Waals surface area contributed by atoms with E-state index in [1.165, 1.54) is 16.9 Å². The van der Waals surface area contributed by atoms with E-state index < -0.39 is 0 Å². The van der Waals surface area contributed by atoms with Crippen LogP contribution in [0.15, 0.2) is 29.6 Å². The molecule has 1 aromatic carbocycles. The standard InChI is InChI=1S/C17H21N3OS.ClH/c1-11-6-4-5-7-14(11)16-19-15(10-22-16)17(21)20-9-8-18-12(2)13(20)3;/h4-7,10,12-13,18H,8-9H2,1-3H3;1H. The second-order valence-electron chi connectivity index (χ2n) is 5.83. The number of aromatic nitrogens is 1. The number of nitrogens with one attached hydrogen (secondary N) is 1. The van der Waals surface area contributed by atoms with Crippen molar-refractivity contribution in [1.29, 1.82) is 0 Å². The summed E-state index contributed by atoms with van der Waals surface area (Å²) in [6.07, 6.45) is 0. The van der Waals surface area contributed by atoms with E-state index in [0.29, 0.717) is 11.7 Å². The fourth-order valence-corrected chi connectivity index (χ4v) is 3.68. The highest BCUT2D eigenvalue weighted by Crippen LogP contribution is 2.27. The van der Waals surface area contributed by atoms with Gasteiger partial charge in [0.15, 0.2) is 0 Å². The molecule has 2 aromatic rings. The van der Waals surface area contributed by atoms with Gasteiger partial charge < -0.3 is 10.2 Å². The number of thiazole rings is 1. The Morgan fingerprint density at radius 3 is 2.83 bits per heavy atom. The van der Waals surface area contributed by atoms with Gasteiger partial charge in [-0.25, -0.2) is 4.98 Å². The molecule has 1 N–H and O–H groups in total. The van der Waals surface area contributed by atoms with Crippen LogP contribution >= 0.6 is 23.7 Å². The average molecular weight is 352 g/mol. The van der Waals surface area contributed by atoms with Crippen LogP contribution in [0.2, 0.25) is 0 Å². The van der Waals surface area contributed by atoms with Crippen molar-refractivity contribution in [3.05, 3.63) is 40.9 Å². The first kappa shape index (κ1) is 17.9. The summed E-state index contributed by atoms with van der Waals surface area (Å²) in [5.74, 6) is 0.0388. The van der Waals surface area contributed by atoms with E-state index in [1.807, 2.05) is 22.4 Å². The first-order chi connectivity index (χ1) is 10.6. The third kappa shape index (κ3) is 3.57. The molecular formula is C17H22ClN3OS. The predicted octanol–water partition coefficient (Wildman–Crippen LogP) is 3.36. The van der Waals surface area contributed by atoms with Crippen LogP contribution in [0.25, 0.3) is 10.6 Å². The van der Waals surface area contributed by atoms with Gasteiger partial charge in [0.25, 0.3) is 5.91 Å². The fourth-order valence-electron chi connectivity index (χ4n) is 2.80. The first-order valence-corrected chi connectivity index (χ1v) is 8.52. The lowest BCUT2D eigenvalue weighted by molar-refractivity contribution is 0.0598. The van der Waals surface area contributed by atoms with Crippen molar-refractivity contribution in [2.45, 2.75) is 32.9 Å². The van der Waals surface area contributed by atoms with E-state index in [4.69, 9.17) is 0 Å². The van der Waals surface area contributed by atoms with Gasteiger partial charge in [0.2, 0.25) is 0 Å². The number of piperazine rings is 1. The minimum absolute atomic E-state index is 0. The number of hydrogen-bond donors (Lipinski definition) is 1. The molecule has 1 aliphatic heterocycles. The minimum atomic E-state index is 0. The third-order valence-electron chi connectivity index (χ3n) is 4.39. The average Bonchev–Trinajstić information content (AvgIpc) is 2.99. The Morgan fingerprint density at radius 1 is 1.35 bits per heavy atom. The normalized spacial score (nSPS) is 20.9. The molecule has 1 fully saturated rings. The van der Waals surface area contributed by atoms with E-state index in [9.17, 15) is 4.79 Å². The maximum Gasteiger partial charge on any atom is 0.273 e. The number of halogens is 1. The Morgan fingerprint density at radius 2 is 2.09 bits per heavy atom. The number of amides is 1. The number of hydrogen-bond acceptors (Lipinski definition) is 4. The van der Waals surface area contributed by atoms with Crippen LogP contribution in [0.5, 0.6) is 0 Å². The highest BCUT2D eigenvalue weighted by atomic mass is 35.5. The summed E-state index contributed by atoms with van der Waals surface area (Å²) in [7, 11) is 0. The molecule has 1 aliphatic rings. The molecule has 3 rings (SSSR count). The van der Waals surface area contributed by atoms with Crippen molar-refractivity contribution >= 4 is 29.7 Å². The highest BCUT2D eigenvalue weighted by Gasteiger charge is 2.30. The summed E-state index contributed by atoms with van der Waals surface area (Å²) in [5.41, 5.74) is 2.84. The molecule has 0 bridgehead atoms. The Hall–Kier alpha value is -1.43. The van der Waals surface area contributed by atoms with Gasteiger partial charge in [-0.05, 0) is 26.3 Å². The number of rotatable bonds is 2. The number of nitrogens with zero attached hydrogens (tertiary/aromatic N) is 2. The summed E-state index contributed by atoms with van der Waals surface area (Å²) in [5, 5.41) is 6.19. The molecule has 6 heteroatoms. The van der Waals surface area contributed by atoms with E-state index in [1.54, 1.807) is 0 Å². The molecule has 124 valence electrons. The minimum Gasteiger partial charge on any atom is -0.332 e. The molecule has 2 heterocycles. The molecule has 0 spiro atoms. The summed E-state index contributed by atoms with van der Waals surface area (Å²) in [6, 6.07) is 8.64. The molecule has 0 saturated carbocycles. The van der Waals surface area contributed by atoms with E-state index in [0.717, 1.165) is 23.7 Å². The molecular weight excluding hydrogens is 330 g/mol. The lowest BCUT2D eigenvalue weighted by Gasteiger charge is -2.38. The van der Waals surface area contributed by atoms with Gasteiger partial charge in [-0.1, -0.05) is 24.3 Å². The zero-order valence-corrected chi connectivity index (χ0v) is 15.2. The van der Waals surface area contributed by atoms with E-state index in [-0.39, 0.29) is 24.4 Å². The summed E-state index contributed by atoms with van der Waals surface area (Å²) < 4.78 is 0. The zero-order valence-electron chi connectivity index (χ0n) is 13.6. The van der Waals surface area contributed by atoms with Crippen LogP contribution in [0.1, 0.15) is 29.9 Å². The van der Waals surface area contributed by atoms with Crippen molar-refractivity contribution < 1.29 is 4.79 Å². The summed E-state index contributed by atoms with van der Waals surface area (Å²) in [4.78, 5) is 19.2. The SMILES string of the molecule is Cc1ccccc1-c1nc(C(=O)N2CCNC(C)C2C)cs1.Cl. The highest BCUT2D eigenvalue weighted by molar-refractivity contribution is 7.13. The number of aryl methyl sites for hydroxylation is 1. The first-order valence-electron chi connectivity index (χ1n) is 7.64. The topological polar surface area (TPSA) is 45.2 Å². The Kier molecular flexibility index (Phi) is 5.79. The molecule has 2 unspecified atom stereocenters. The summed E-state index contributed by atoms with van der Waals surface area (Å²) >= 11 is 1.54. The molecule has 2 atom stereocenters. The quantitative estimate of drug-likeness (QED) is 0.902. The van der Waals surface area contributed by atoms with Crippen molar-refractivity contribution in [3.63, 3.8) is 0 Å².